The van der Waals surface area contributed by atoms with Gasteiger partial charge in [-0.25, -0.2) is 14.8 Å². The molecule has 4 heterocycles. The number of aromatic nitrogens is 3. The van der Waals surface area contributed by atoms with Crippen molar-refractivity contribution in [1.29, 1.82) is 0 Å². The number of carbonyl (C=O) groups is 1. The van der Waals surface area contributed by atoms with Gasteiger partial charge in [0.15, 0.2) is 0 Å². The van der Waals surface area contributed by atoms with Crippen LogP contribution in [0.2, 0.25) is 5.02 Å². The van der Waals surface area contributed by atoms with E-state index in [9.17, 15) is 14.7 Å². The first-order valence-corrected chi connectivity index (χ1v) is 11.6. The van der Waals surface area contributed by atoms with Crippen molar-refractivity contribution in [2.75, 3.05) is 23.3 Å². The van der Waals surface area contributed by atoms with Crippen LogP contribution in [-0.2, 0) is 0 Å². The minimum Gasteiger partial charge on any atom is -0.478 e. The number of halogens is 1. The van der Waals surface area contributed by atoms with E-state index < -0.39 is 5.97 Å². The maximum atomic E-state index is 13.0. The van der Waals surface area contributed by atoms with Gasteiger partial charge in [0, 0.05) is 37.1 Å². The predicted molar refractivity (Wildman–Crippen MR) is 128 cm³/mol. The molecule has 1 saturated heterocycles. The van der Waals surface area contributed by atoms with Crippen molar-refractivity contribution in [1.82, 2.24) is 14.4 Å². The summed E-state index contributed by atoms with van der Waals surface area (Å²) in [5.41, 5.74) is 2.64. The van der Waals surface area contributed by atoms with Crippen molar-refractivity contribution in [2.45, 2.75) is 45.6 Å². The fourth-order valence-electron chi connectivity index (χ4n) is 4.73. The number of carboxylic acids is 1. The highest BCUT2D eigenvalue weighted by atomic mass is 35.5. The second kappa shape index (κ2) is 8.02. The molecule has 9 heteroatoms. The van der Waals surface area contributed by atoms with Gasteiger partial charge >= 0.3 is 5.97 Å². The third kappa shape index (κ3) is 4.15. The number of fused-ring (bicyclic) bond motifs is 1. The van der Waals surface area contributed by atoms with Crippen molar-refractivity contribution >= 4 is 34.9 Å². The molecule has 1 saturated carbocycles. The Balaban J connectivity index is 1.53. The molecule has 1 spiro atoms. The molecule has 0 bridgehead atoms. The van der Waals surface area contributed by atoms with Crippen molar-refractivity contribution in [2.24, 2.45) is 5.41 Å². The zero-order valence-electron chi connectivity index (χ0n) is 18.6. The molecule has 2 aliphatic rings. The van der Waals surface area contributed by atoms with E-state index >= 15 is 0 Å². The topological polar surface area (TPSA) is 99.8 Å². The van der Waals surface area contributed by atoms with E-state index in [0.29, 0.717) is 16.9 Å². The van der Waals surface area contributed by atoms with Crippen LogP contribution in [0.25, 0.3) is 5.65 Å². The summed E-state index contributed by atoms with van der Waals surface area (Å²) in [6, 6.07) is 4.59. The third-order valence-corrected chi connectivity index (χ3v) is 7.13. The van der Waals surface area contributed by atoms with Crippen LogP contribution in [0.15, 0.2) is 35.4 Å². The number of aryl methyl sites for hydroxylation is 1. The van der Waals surface area contributed by atoms with E-state index in [-0.39, 0.29) is 28.0 Å². The molecule has 5 rings (SSSR count). The number of nitrogens with zero attached hydrogens (tertiary/aromatic N) is 4. The Hall–Kier alpha value is -3.13. The lowest BCUT2D eigenvalue weighted by Crippen LogP contribution is -2.36. The molecule has 0 amide bonds. The fraction of sp³-hybridized carbons (Fsp3) is 0.417. The third-order valence-electron chi connectivity index (χ3n) is 6.92. The Morgan fingerprint density at radius 2 is 1.94 bits per heavy atom. The van der Waals surface area contributed by atoms with Gasteiger partial charge in [0.2, 0.25) is 0 Å². The minimum atomic E-state index is -1.12. The first-order valence-electron chi connectivity index (χ1n) is 11.2. The molecular weight excluding hydrogens is 442 g/mol. The summed E-state index contributed by atoms with van der Waals surface area (Å²) in [6.07, 6.45) is 8.11. The van der Waals surface area contributed by atoms with Gasteiger partial charge in [-0.2, -0.15) is 0 Å². The Bertz CT molecular complexity index is 1310. The van der Waals surface area contributed by atoms with Crippen molar-refractivity contribution in [3.8, 4) is 0 Å². The number of hydrogen-bond acceptors (Lipinski definition) is 6. The largest absolute Gasteiger partial charge is 0.478 e. The number of rotatable bonds is 5. The Kier molecular flexibility index (Phi) is 5.28. The van der Waals surface area contributed by atoms with Crippen LogP contribution in [0.1, 0.15) is 60.1 Å². The number of pyridine rings is 2. The molecule has 0 unspecified atom stereocenters. The number of carboxylic acid groups (broad SMARTS) is 1. The van der Waals surface area contributed by atoms with Gasteiger partial charge in [-0.05, 0) is 62.6 Å². The predicted octanol–water partition coefficient (Wildman–Crippen LogP) is 4.30. The van der Waals surface area contributed by atoms with E-state index in [1.165, 1.54) is 25.1 Å². The summed E-state index contributed by atoms with van der Waals surface area (Å²) in [5.74, 6) is -0.212. The van der Waals surface area contributed by atoms with Crippen LogP contribution >= 0.6 is 11.6 Å². The van der Waals surface area contributed by atoms with Crippen LogP contribution in [-0.4, -0.2) is 38.5 Å². The van der Waals surface area contributed by atoms with Crippen molar-refractivity contribution < 1.29 is 9.90 Å². The lowest BCUT2D eigenvalue weighted by atomic mass is 9.94. The van der Waals surface area contributed by atoms with Crippen LogP contribution in [0.3, 0.4) is 0 Å². The molecule has 0 radical (unpaired) electrons. The Morgan fingerprint density at radius 3 is 2.61 bits per heavy atom. The molecule has 1 aliphatic carbocycles. The first kappa shape index (κ1) is 21.7. The molecule has 8 nitrogen and oxygen atoms in total. The molecule has 1 atom stereocenters. The summed E-state index contributed by atoms with van der Waals surface area (Å²) >= 11 is 5.94. The zero-order valence-corrected chi connectivity index (χ0v) is 19.4. The highest BCUT2D eigenvalue weighted by Crippen LogP contribution is 2.53. The lowest BCUT2D eigenvalue weighted by Gasteiger charge is -2.33. The standard InChI is InChI=1S/C24H26ClN5O3/c1-14-9-17(15(2)27-21-18(23(32)33)10-16(25)12-26-21)22-28-19(11-20(31)30(22)13-14)29-7-5-24(3-4-24)6-8-29/h9-13,15H,3-8H2,1-2H3,(H,26,27)(H,32,33)/t15-/m1/s1. The summed E-state index contributed by atoms with van der Waals surface area (Å²) in [4.78, 5) is 36.0. The lowest BCUT2D eigenvalue weighted by molar-refractivity contribution is 0.0697. The maximum absolute atomic E-state index is 13.0. The number of aromatic carboxylic acids is 1. The number of piperidine rings is 1. The van der Waals surface area contributed by atoms with E-state index in [1.807, 2.05) is 19.9 Å². The molecule has 0 aromatic carbocycles. The average molecular weight is 468 g/mol. The molecule has 2 fully saturated rings. The Morgan fingerprint density at radius 1 is 1.21 bits per heavy atom. The van der Waals surface area contributed by atoms with Crippen LogP contribution < -0.4 is 15.8 Å². The van der Waals surface area contributed by atoms with E-state index in [0.717, 1.165) is 37.1 Å². The molecular formula is C24H26ClN5O3. The summed E-state index contributed by atoms with van der Waals surface area (Å²) in [7, 11) is 0. The van der Waals surface area contributed by atoms with E-state index in [4.69, 9.17) is 16.6 Å². The van der Waals surface area contributed by atoms with Crippen molar-refractivity contribution in [3.05, 3.63) is 62.7 Å². The second-order valence-corrected chi connectivity index (χ2v) is 9.76. The molecule has 3 aromatic rings. The summed E-state index contributed by atoms with van der Waals surface area (Å²) in [6.45, 7) is 5.63. The monoisotopic (exact) mass is 467 g/mol. The molecule has 33 heavy (non-hydrogen) atoms. The summed E-state index contributed by atoms with van der Waals surface area (Å²) < 4.78 is 1.56. The SMILES string of the molecule is Cc1cc([C@@H](C)Nc2ncc(Cl)cc2C(=O)O)c2nc(N3CCC4(CC3)CC4)cc(=O)n2c1. The van der Waals surface area contributed by atoms with Gasteiger partial charge in [0.1, 0.15) is 22.8 Å². The average Bonchev–Trinajstić information content (AvgIpc) is 3.54. The van der Waals surface area contributed by atoms with Crippen molar-refractivity contribution in [3.63, 3.8) is 0 Å². The van der Waals surface area contributed by atoms with Gasteiger partial charge in [-0.3, -0.25) is 9.20 Å². The zero-order chi connectivity index (χ0) is 23.3. The first-order chi connectivity index (χ1) is 15.7. The fourth-order valence-corrected chi connectivity index (χ4v) is 4.88. The quantitative estimate of drug-likeness (QED) is 0.576. The van der Waals surface area contributed by atoms with Gasteiger partial charge < -0.3 is 15.3 Å². The highest BCUT2D eigenvalue weighted by Gasteiger charge is 2.44. The van der Waals surface area contributed by atoms with E-state index in [2.05, 4.69) is 15.2 Å². The smallest absolute Gasteiger partial charge is 0.339 e. The van der Waals surface area contributed by atoms with Crippen LogP contribution in [0.5, 0.6) is 0 Å². The minimum absolute atomic E-state index is 0.0144. The van der Waals surface area contributed by atoms with Gasteiger partial charge in [-0.15, -0.1) is 0 Å². The van der Waals surface area contributed by atoms with E-state index in [1.54, 1.807) is 16.7 Å². The second-order valence-electron chi connectivity index (χ2n) is 9.33. The number of nitrogens with one attached hydrogen (secondary N) is 1. The summed E-state index contributed by atoms with van der Waals surface area (Å²) in [5, 5.41) is 13.0. The normalized spacial score (nSPS) is 17.8. The molecule has 2 N–H and O–H groups in total. The number of hydrogen-bond donors (Lipinski definition) is 2. The molecule has 1 aliphatic heterocycles. The van der Waals surface area contributed by atoms with Gasteiger partial charge in [-0.1, -0.05) is 11.6 Å². The van der Waals surface area contributed by atoms with Crippen LogP contribution in [0, 0.1) is 12.3 Å². The van der Waals surface area contributed by atoms with Crippen LogP contribution in [0.4, 0.5) is 11.6 Å². The maximum Gasteiger partial charge on any atom is 0.339 e. The molecule has 172 valence electrons. The number of anilines is 2. The van der Waals surface area contributed by atoms with Gasteiger partial charge in [0.25, 0.3) is 5.56 Å². The molecule has 3 aromatic heterocycles. The highest BCUT2D eigenvalue weighted by molar-refractivity contribution is 6.30. The van der Waals surface area contributed by atoms with Gasteiger partial charge in [0.05, 0.1) is 11.1 Å². The Labute approximate surface area is 196 Å².